The highest BCUT2D eigenvalue weighted by molar-refractivity contribution is 8.00. The zero-order valence-electron chi connectivity index (χ0n) is 23.5. The minimum atomic E-state index is -4.49. The van der Waals surface area contributed by atoms with Crippen LogP contribution in [0.25, 0.3) is 11.3 Å². The average Bonchev–Trinajstić information content (AvgIpc) is 3.34. The van der Waals surface area contributed by atoms with Crippen LogP contribution in [-0.4, -0.2) is 51.0 Å². The number of alkyl halides is 3. The molecule has 41 heavy (non-hydrogen) atoms. The predicted octanol–water partition coefficient (Wildman–Crippen LogP) is 7.32. The first-order valence-electron chi connectivity index (χ1n) is 13.5. The molecule has 0 spiro atoms. The zero-order valence-corrected chi connectivity index (χ0v) is 24.3. The van der Waals surface area contributed by atoms with Crippen molar-refractivity contribution in [1.29, 1.82) is 0 Å². The molecule has 0 bridgehead atoms. The molecule has 216 valence electrons. The Hall–Kier alpha value is -3.57. The lowest BCUT2D eigenvalue weighted by atomic mass is 9.90. The molecule has 11 heteroatoms. The van der Waals surface area contributed by atoms with E-state index in [1.54, 1.807) is 36.1 Å². The van der Waals surface area contributed by atoms with Crippen molar-refractivity contribution in [3.63, 3.8) is 0 Å². The first kappa shape index (κ1) is 28.9. The van der Waals surface area contributed by atoms with Crippen LogP contribution in [0.2, 0.25) is 0 Å². The number of aromatic nitrogens is 4. The van der Waals surface area contributed by atoms with Crippen molar-refractivity contribution in [3.05, 3.63) is 77.1 Å². The summed E-state index contributed by atoms with van der Waals surface area (Å²) in [5, 5.41) is 4.15. The van der Waals surface area contributed by atoms with Crippen LogP contribution in [0.3, 0.4) is 0 Å². The minimum Gasteiger partial charge on any atom is -0.439 e. The van der Waals surface area contributed by atoms with E-state index >= 15 is 0 Å². The van der Waals surface area contributed by atoms with Crippen LogP contribution in [0.4, 0.5) is 19.1 Å². The molecule has 4 aromatic rings. The lowest BCUT2D eigenvalue weighted by Gasteiger charge is -2.29. The van der Waals surface area contributed by atoms with Gasteiger partial charge in [-0.1, -0.05) is 35.9 Å². The van der Waals surface area contributed by atoms with E-state index in [0.29, 0.717) is 17.2 Å². The molecular weight excluding hydrogens is 549 g/mol. The number of anilines is 1. The Morgan fingerprint density at radius 1 is 1.02 bits per heavy atom. The number of piperidine rings is 1. The number of nitrogens with zero attached hydrogens (tertiary/aromatic N) is 5. The summed E-state index contributed by atoms with van der Waals surface area (Å²) in [4.78, 5) is 12.1. The van der Waals surface area contributed by atoms with E-state index < -0.39 is 12.6 Å². The second-order valence-corrected chi connectivity index (χ2v) is 11.5. The van der Waals surface area contributed by atoms with Crippen molar-refractivity contribution in [2.75, 3.05) is 24.9 Å². The second kappa shape index (κ2) is 12.1. The van der Waals surface area contributed by atoms with Gasteiger partial charge in [0, 0.05) is 18.8 Å². The monoisotopic (exact) mass is 582 g/mol. The highest BCUT2D eigenvalue weighted by Crippen LogP contribution is 2.39. The Balaban J connectivity index is 1.53. The third kappa shape index (κ3) is 7.39. The molecular formula is C30H33F3N6OS. The van der Waals surface area contributed by atoms with Crippen molar-refractivity contribution >= 4 is 17.9 Å². The molecule has 0 aliphatic carbocycles. The average molecular weight is 583 g/mol. The van der Waals surface area contributed by atoms with Crippen molar-refractivity contribution in [2.24, 2.45) is 7.05 Å². The summed E-state index contributed by atoms with van der Waals surface area (Å²) in [6, 6.07) is 13.2. The normalized spacial score (nSPS) is 14.8. The number of hydrogen-bond donors (Lipinski definition) is 1. The lowest BCUT2D eigenvalue weighted by molar-refractivity contribution is -0.127. The van der Waals surface area contributed by atoms with Gasteiger partial charge in [-0.2, -0.15) is 23.3 Å². The second-order valence-electron chi connectivity index (χ2n) is 10.6. The van der Waals surface area contributed by atoms with Crippen molar-refractivity contribution in [1.82, 2.24) is 24.6 Å². The number of hydrogen-bond acceptors (Lipinski definition) is 7. The first-order valence-corrected chi connectivity index (χ1v) is 14.3. The first-order chi connectivity index (χ1) is 19.5. The fourth-order valence-electron chi connectivity index (χ4n) is 5.07. The van der Waals surface area contributed by atoms with Gasteiger partial charge < -0.3 is 9.64 Å². The van der Waals surface area contributed by atoms with E-state index in [9.17, 15) is 13.2 Å². The highest BCUT2D eigenvalue weighted by Gasteiger charge is 2.33. The summed E-state index contributed by atoms with van der Waals surface area (Å²) >= 11 is 1.22. The van der Waals surface area contributed by atoms with Gasteiger partial charge in [0.2, 0.25) is 11.8 Å². The summed E-state index contributed by atoms with van der Waals surface area (Å²) in [5.74, 6) is 0.879. The summed E-state index contributed by atoms with van der Waals surface area (Å²) < 4.78 is 52.6. The largest absolute Gasteiger partial charge is 0.439 e. The Morgan fingerprint density at radius 2 is 1.76 bits per heavy atom. The van der Waals surface area contributed by atoms with Gasteiger partial charge in [0.1, 0.15) is 5.75 Å². The van der Waals surface area contributed by atoms with Crippen molar-refractivity contribution < 1.29 is 17.9 Å². The number of nitrogens with one attached hydrogen (secondary N) is 1. The lowest BCUT2D eigenvalue weighted by Crippen LogP contribution is -2.29. The Bertz CT molecular complexity index is 1500. The van der Waals surface area contributed by atoms with Crippen molar-refractivity contribution in [3.8, 4) is 22.9 Å². The Morgan fingerprint density at radius 3 is 2.39 bits per heavy atom. The molecule has 3 heterocycles. The molecule has 0 radical (unpaired) electrons. The number of rotatable bonds is 8. The maximum atomic E-state index is 13.9. The third-order valence-corrected chi connectivity index (χ3v) is 7.94. The van der Waals surface area contributed by atoms with Crippen LogP contribution in [0.5, 0.6) is 11.6 Å². The molecule has 2 aromatic carbocycles. The molecule has 1 N–H and O–H groups in total. The van der Waals surface area contributed by atoms with E-state index in [0.717, 1.165) is 42.0 Å². The van der Waals surface area contributed by atoms with E-state index in [1.807, 2.05) is 44.3 Å². The van der Waals surface area contributed by atoms with Crippen molar-refractivity contribution in [2.45, 2.75) is 50.1 Å². The molecule has 1 aliphatic heterocycles. The van der Waals surface area contributed by atoms with E-state index in [1.165, 1.54) is 17.5 Å². The van der Waals surface area contributed by atoms with Gasteiger partial charge in [0.25, 0.3) is 0 Å². The van der Waals surface area contributed by atoms with Gasteiger partial charge in [-0.05, 0) is 88.0 Å². The molecule has 1 fully saturated rings. The van der Waals surface area contributed by atoms with E-state index in [2.05, 4.69) is 31.7 Å². The molecule has 0 saturated carbocycles. The van der Waals surface area contributed by atoms with Gasteiger partial charge in [0.05, 0.1) is 28.8 Å². The topological polar surface area (TPSA) is 68.1 Å². The number of ether oxygens (including phenoxy) is 1. The van der Waals surface area contributed by atoms with E-state index in [4.69, 9.17) is 4.74 Å². The molecule has 5 rings (SSSR count). The Kier molecular flexibility index (Phi) is 8.55. The fraction of sp³-hybridized carbons (Fsp3) is 0.367. The number of halogens is 3. The summed E-state index contributed by atoms with van der Waals surface area (Å²) in [5.41, 5.74) is 3.68. The Labute approximate surface area is 242 Å². The maximum Gasteiger partial charge on any atom is 0.393 e. The van der Waals surface area contributed by atoms with Crippen LogP contribution in [0.15, 0.2) is 59.8 Å². The molecule has 1 saturated heterocycles. The van der Waals surface area contributed by atoms with Crippen LogP contribution in [-0.2, 0) is 13.5 Å². The highest BCUT2D eigenvalue weighted by atomic mass is 32.2. The summed E-state index contributed by atoms with van der Waals surface area (Å²) in [7, 11) is 3.92. The SMILES string of the molecule is Cc1ccc(-c2nc(NSc3cnn(C)c3)nc(Oc3ccc(C4CCN(C)CC4)cc3)c2CC(F)(F)F)c(C)c1. The maximum absolute atomic E-state index is 13.9. The van der Waals surface area contributed by atoms with Crippen LogP contribution in [0, 0.1) is 13.8 Å². The standard InChI is InChI=1S/C30H33F3N6OS/c1-19-5-10-25(20(2)15-19)27-26(16-30(31,32)33)28(36-29(35-27)37-41-24-17-34-39(4)18-24)40-23-8-6-21(7-9-23)22-11-13-38(3)14-12-22/h5-10,15,17-18,22H,11-14,16H2,1-4H3,(H,35,36,37). The molecule has 0 atom stereocenters. The number of likely N-dealkylation sites (tertiary alicyclic amines) is 1. The third-order valence-electron chi connectivity index (χ3n) is 7.21. The number of benzene rings is 2. The molecule has 0 unspecified atom stereocenters. The molecule has 0 amide bonds. The van der Waals surface area contributed by atoms with Gasteiger partial charge in [-0.15, -0.1) is 0 Å². The minimum absolute atomic E-state index is 0.110. The van der Waals surface area contributed by atoms with Crippen LogP contribution < -0.4 is 9.46 Å². The van der Waals surface area contributed by atoms with Gasteiger partial charge in [0.15, 0.2) is 0 Å². The van der Waals surface area contributed by atoms with E-state index in [-0.39, 0.29) is 23.1 Å². The van der Waals surface area contributed by atoms with Gasteiger partial charge in [-0.25, -0.2) is 4.98 Å². The van der Waals surface area contributed by atoms with Crippen LogP contribution in [0.1, 0.15) is 41.0 Å². The summed E-state index contributed by atoms with van der Waals surface area (Å²) in [6.45, 7) is 5.88. The van der Waals surface area contributed by atoms with Crippen LogP contribution >= 0.6 is 11.9 Å². The molecule has 1 aliphatic rings. The number of aryl methyl sites for hydroxylation is 3. The smallest absolute Gasteiger partial charge is 0.393 e. The fourth-order valence-corrected chi connectivity index (χ4v) is 5.68. The predicted molar refractivity (Wildman–Crippen MR) is 155 cm³/mol. The zero-order chi connectivity index (χ0) is 29.1. The summed E-state index contributed by atoms with van der Waals surface area (Å²) in [6.07, 6.45) is -0.0998. The molecule has 2 aromatic heterocycles. The molecule has 7 nitrogen and oxygen atoms in total. The van der Waals surface area contributed by atoms with Gasteiger partial charge in [-0.3, -0.25) is 9.40 Å². The van der Waals surface area contributed by atoms with Gasteiger partial charge >= 0.3 is 6.18 Å². The quantitative estimate of drug-likeness (QED) is 0.218.